The highest BCUT2D eigenvalue weighted by atomic mass is 32.1. The molecule has 1 N–H and O–H groups in total. The van der Waals surface area contributed by atoms with E-state index in [-0.39, 0.29) is 30.2 Å². The van der Waals surface area contributed by atoms with Gasteiger partial charge in [-0.25, -0.2) is 14.6 Å². The summed E-state index contributed by atoms with van der Waals surface area (Å²) in [7, 11) is 0. The molecular formula is C25H20N6O2S. The average Bonchev–Trinajstić information content (AvgIpc) is 3.27. The number of benzene rings is 2. The molecule has 0 unspecified atom stereocenters. The van der Waals surface area contributed by atoms with Crippen LogP contribution in [0.4, 0.5) is 0 Å². The summed E-state index contributed by atoms with van der Waals surface area (Å²) in [5.41, 5.74) is 3.91. The molecule has 0 bridgehead atoms. The summed E-state index contributed by atoms with van der Waals surface area (Å²) < 4.78 is 1.35. The Labute approximate surface area is 199 Å². The van der Waals surface area contributed by atoms with Crippen LogP contribution in [0, 0.1) is 6.92 Å². The highest BCUT2D eigenvalue weighted by molar-refractivity contribution is 7.18. The Morgan fingerprint density at radius 3 is 2.56 bits per heavy atom. The Morgan fingerprint density at radius 2 is 1.74 bits per heavy atom. The number of aryl methyl sites for hydroxylation is 1. The van der Waals surface area contributed by atoms with Gasteiger partial charge in [-0.1, -0.05) is 42.5 Å². The summed E-state index contributed by atoms with van der Waals surface area (Å²) in [6.45, 7) is 2.38. The van der Waals surface area contributed by atoms with Gasteiger partial charge in [0.25, 0.3) is 11.5 Å². The van der Waals surface area contributed by atoms with Crippen LogP contribution in [0.2, 0.25) is 0 Å². The number of thiazole rings is 1. The number of hydrogen-bond acceptors (Lipinski definition) is 7. The van der Waals surface area contributed by atoms with Crippen molar-refractivity contribution in [2.45, 2.75) is 13.5 Å². The minimum absolute atomic E-state index is 0.223. The van der Waals surface area contributed by atoms with Crippen LogP contribution >= 0.6 is 11.3 Å². The largest absolute Gasteiger partial charge is 0.349 e. The molecule has 0 atom stereocenters. The van der Waals surface area contributed by atoms with E-state index in [0.29, 0.717) is 11.2 Å². The van der Waals surface area contributed by atoms with Crippen molar-refractivity contribution in [1.29, 1.82) is 0 Å². The molecule has 0 saturated heterocycles. The number of hydrogen-bond donors (Lipinski definition) is 1. The lowest BCUT2D eigenvalue weighted by Crippen LogP contribution is -2.32. The van der Waals surface area contributed by atoms with Gasteiger partial charge in [0.15, 0.2) is 0 Å². The monoisotopic (exact) mass is 468 g/mol. The highest BCUT2D eigenvalue weighted by Crippen LogP contribution is 2.33. The molecule has 2 aromatic carbocycles. The van der Waals surface area contributed by atoms with E-state index in [1.165, 1.54) is 28.3 Å². The van der Waals surface area contributed by atoms with Crippen molar-refractivity contribution in [3.63, 3.8) is 0 Å². The molecule has 5 aromatic rings. The number of amides is 1. The predicted molar refractivity (Wildman–Crippen MR) is 132 cm³/mol. The first-order valence-corrected chi connectivity index (χ1v) is 11.5. The zero-order valence-corrected chi connectivity index (χ0v) is 19.1. The van der Waals surface area contributed by atoms with Gasteiger partial charge in [0.2, 0.25) is 0 Å². The number of carbonyl (C=O) groups is 1. The number of nitrogens with one attached hydrogen (secondary N) is 1. The maximum Gasteiger partial charge on any atom is 0.271 e. The van der Waals surface area contributed by atoms with Crippen molar-refractivity contribution in [2.75, 3.05) is 6.54 Å². The minimum atomic E-state index is -0.353. The van der Waals surface area contributed by atoms with Crippen molar-refractivity contribution in [1.82, 2.24) is 30.0 Å². The van der Waals surface area contributed by atoms with Crippen LogP contribution in [-0.2, 0) is 6.54 Å². The third kappa shape index (κ3) is 4.46. The zero-order valence-electron chi connectivity index (χ0n) is 18.3. The first kappa shape index (κ1) is 21.6. The number of para-hydroxylation sites is 2. The lowest BCUT2D eigenvalue weighted by atomic mass is 10.2. The van der Waals surface area contributed by atoms with Gasteiger partial charge in [0.05, 0.1) is 34.3 Å². The number of aromatic nitrogens is 5. The third-order valence-corrected chi connectivity index (χ3v) is 6.44. The van der Waals surface area contributed by atoms with Crippen LogP contribution in [0.3, 0.4) is 0 Å². The van der Waals surface area contributed by atoms with Gasteiger partial charge < -0.3 is 5.32 Å². The van der Waals surface area contributed by atoms with E-state index in [1.807, 2.05) is 55.5 Å². The van der Waals surface area contributed by atoms with Gasteiger partial charge in [-0.2, -0.15) is 5.10 Å². The molecule has 8 nitrogen and oxygen atoms in total. The molecule has 9 heteroatoms. The molecule has 0 aliphatic rings. The number of carbonyl (C=O) groups excluding carboxylic acids is 1. The Bertz CT molecular complexity index is 1540. The van der Waals surface area contributed by atoms with Gasteiger partial charge >= 0.3 is 0 Å². The highest BCUT2D eigenvalue weighted by Gasteiger charge is 2.14. The van der Waals surface area contributed by atoms with Gasteiger partial charge in [0.1, 0.15) is 16.4 Å². The van der Waals surface area contributed by atoms with Gasteiger partial charge in [0, 0.05) is 18.2 Å². The zero-order chi connectivity index (χ0) is 23.5. The summed E-state index contributed by atoms with van der Waals surface area (Å²) in [5, 5.41) is 8.20. The molecule has 0 aliphatic heterocycles. The number of nitrogens with zero attached hydrogens (tertiary/aromatic N) is 5. The molecule has 0 saturated carbocycles. The van der Waals surface area contributed by atoms with Crippen molar-refractivity contribution in [3.05, 3.63) is 94.7 Å². The van der Waals surface area contributed by atoms with E-state index < -0.39 is 0 Å². The molecule has 0 radical (unpaired) electrons. The second-order valence-corrected chi connectivity index (χ2v) is 8.58. The molecule has 34 heavy (non-hydrogen) atoms. The van der Waals surface area contributed by atoms with Crippen molar-refractivity contribution in [3.8, 4) is 21.1 Å². The summed E-state index contributed by atoms with van der Waals surface area (Å²) in [6.07, 6.45) is 1.44. The molecule has 3 heterocycles. The van der Waals surface area contributed by atoms with Crippen molar-refractivity contribution in [2.24, 2.45) is 0 Å². The summed E-state index contributed by atoms with van der Waals surface area (Å²) >= 11 is 1.53. The summed E-state index contributed by atoms with van der Waals surface area (Å²) in [4.78, 5) is 39.1. The molecule has 0 aliphatic carbocycles. The fourth-order valence-electron chi connectivity index (χ4n) is 3.50. The van der Waals surface area contributed by atoms with Crippen molar-refractivity contribution < 1.29 is 4.79 Å². The van der Waals surface area contributed by atoms with Gasteiger partial charge in [-0.15, -0.1) is 11.3 Å². The lowest BCUT2D eigenvalue weighted by molar-refractivity contribution is 0.0946. The Balaban J connectivity index is 1.30. The second kappa shape index (κ2) is 9.32. The fraction of sp³-hybridized carbons (Fsp3) is 0.120. The Hall–Kier alpha value is -4.24. The van der Waals surface area contributed by atoms with E-state index in [9.17, 15) is 9.59 Å². The number of fused-ring (bicyclic) bond motifs is 1. The molecule has 0 fully saturated rings. The lowest BCUT2D eigenvalue weighted by Gasteiger charge is -2.08. The van der Waals surface area contributed by atoms with Crippen LogP contribution in [0.15, 0.2) is 77.7 Å². The van der Waals surface area contributed by atoms with E-state index in [0.717, 1.165) is 26.7 Å². The van der Waals surface area contributed by atoms with Crippen LogP contribution in [0.1, 0.15) is 16.2 Å². The molecule has 168 valence electrons. The SMILES string of the molecule is Cc1nc(-c2ccccc2)sc1-c1ccc(=O)n(CCNC(=O)c2cnc3ccccc3n2)n1. The van der Waals surface area contributed by atoms with Crippen LogP contribution in [-0.4, -0.2) is 37.2 Å². The average molecular weight is 469 g/mol. The van der Waals surface area contributed by atoms with Crippen LogP contribution < -0.4 is 10.9 Å². The van der Waals surface area contributed by atoms with Crippen LogP contribution in [0.5, 0.6) is 0 Å². The number of rotatable bonds is 6. The standard InChI is InChI=1S/C25H20N6O2S/c1-16-23(34-25(28-16)17-7-3-2-4-8-17)20-11-12-22(32)31(30-20)14-13-26-24(33)21-15-27-18-9-5-6-10-19(18)29-21/h2-12,15H,13-14H2,1H3,(H,26,33). The molecule has 5 rings (SSSR count). The van der Waals surface area contributed by atoms with Crippen molar-refractivity contribution >= 4 is 28.3 Å². The molecular weight excluding hydrogens is 448 g/mol. The van der Waals surface area contributed by atoms with E-state index in [2.05, 4.69) is 25.4 Å². The molecule has 0 spiro atoms. The quantitative estimate of drug-likeness (QED) is 0.408. The predicted octanol–water partition coefficient (Wildman–Crippen LogP) is 3.72. The minimum Gasteiger partial charge on any atom is -0.349 e. The van der Waals surface area contributed by atoms with E-state index in [4.69, 9.17) is 0 Å². The second-order valence-electron chi connectivity index (χ2n) is 7.58. The Morgan fingerprint density at radius 1 is 0.971 bits per heavy atom. The first-order chi connectivity index (χ1) is 16.6. The summed E-state index contributed by atoms with van der Waals surface area (Å²) in [6, 6.07) is 20.5. The van der Waals surface area contributed by atoms with E-state index >= 15 is 0 Å². The van der Waals surface area contributed by atoms with Crippen LogP contribution in [0.25, 0.3) is 32.2 Å². The smallest absolute Gasteiger partial charge is 0.271 e. The maximum atomic E-state index is 12.5. The summed E-state index contributed by atoms with van der Waals surface area (Å²) in [5.74, 6) is -0.353. The normalized spacial score (nSPS) is 11.0. The topological polar surface area (TPSA) is 103 Å². The van der Waals surface area contributed by atoms with E-state index in [1.54, 1.807) is 12.1 Å². The van der Waals surface area contributed by atoms with Gasteiger partial charge in [-0.3, -0.25) is 14.6 Å². The maximum absolute atomic E-state index is 12.5. The molecule has 1 amide bonds. The first-order valence-electron chi connectivity index (χ1n) is 10.7. The fourth-order valence-corrected chi connectivity index (χ4v) is 4.54. The third-order valence-electron chi connectivity index (χ3n) is 5.21. The Kier molecular flexibility index (Phi) is 5.92. The molecule has 3 aromatic heterocycles. The van der Waals surface area contributed by atoms with Gasteiger partial charge in [-0.05, 0) is 25.1 Å².